The minimum atomic E-state index is -0.473. The molecule has 0 fully saturated rings. The van der Waals surface area contributed by atoms with Gasteiger partial charge in [-0.2, -0.15) is 11.3 Å². The molecular formula is C14H13BrO2S. The van der Waals surface area contributed by atoms with Gasteiger partial charge in [0, 0.05) is 21.3 Å². The van der Waals surface area contributed by atoms with Crippen LogP contribution in [0.1, 0.15) is 17.2 Å². The second-order valence-electron chi connectivity index (χ2n) is 4.50. The van der Waals surface area contributed by atoms with Crippen molar-refractivity contribution in [2.45, 2.75) is 12.5 Å². The molecule has 1 N–H and O–H groups in total. The Bertz CT molecular complexity index is 552. The summed E-state index contributed by atoms with van der Waals surface area (Å²) in [4.78, 5) is 0. The first-order chi connectivity index (χ1) is 8.75. The van der Waals surface area contributed by atoms with Crippen molar-refractivity contribution in [3.8, 4) is 5.75 Å². The maximum absolute atomic E-state index is 10.4. The van der Waals surface area contributed by atoms with Gasteiger partial charge in [0.05, 0.1) is 12.7 Å². The van der Waals surface area contributed by atoms with E-state index in [4.69, 9.17) is 4.74 Å². The van der Waals surface area contributed by atoms with Crippen molar-refractivity contribution in [3.05, 3.63) is 50.6 Å². The minimum absolute atomic E-state index is 0.116. The van der Waals surface area contributed by atoms with E-state index >= 15 is 0 Å². The highest BCUT2D eigenvalue weighted by atomic mass is 79.9. The molecule has 2 nitrogen and oxygen atoms in total. The Labute approximate surface area is 118 Å². The molecule has 0 aliphatic carbocycles. The predicted molar refractivity (Wildman–Crippen MR) is 76.1 cm³/mol. The molecule has 1 aromatic carbocycles. The van der Waals surface area contributed by atoms with Crippen LogP contribution in [0.4, 0.5) is 0 Å². The number of aliphatic hydroxyl groups excluding tert-OH is 1. The van der Waals surface area contributed by atoms with Crippen LogP contribution in [0.15, 0.2) is 39.5 Å². The van der Waals surface area contributed by atoms with Gasteiger partial charge in [-0.15, -0.1) is 0 Å². The fraction of sp³-hybridized carbons (Fsp3) is 0.286. The number of ether oxygens (including phenoxy) is 1. The Kier molecular flexibility index (Phi) is 3.41. The summed E-state index contributed by atoms with van der Waals surface area (Å²) in [5.41, 5.74) is 2.15. The zero-order valence-electron chi connectivity index (χ0n) is 9.67. The lowest BCUT2D eigenvalue weighted by molar-refractivity contribution is 0.0643. The number of aliphatic hydroxyl groups is 1. The predicted octanol–water partition coefficient (Wildman–Crippen LogP) is 3.80. The summed E-state index contributed by atoms with van der Waals surface area (Å²) < 4.78 is 6.71. The van der Waals surface area contributed by atoms with Gasteiger partial charge in [0.15, 0.2) is 0 Å². The summed E-state index contributed by atoms with van der Waals surface area (Å²) in [6.45, 7) is 0.570. The number of rotatable bonds is 2. The Morgan fingerprint density at radius 2 is 2.17 bits per heavy atom. The summed E-state index contributed by atoms with van der Waals surface area (Å²) in [6, 6.07) is 8.04. The SMILES string of the molecule is OC(c1cscc1Br)C1COc2ccccc2C1. The highest BCUT2D eigenvalue weighted by molar-refractivity contribution is 9.10. The summed E-state index contributed by atoms with van der Waals surface area (Å²) >= 11 is 5.07. The molecule has 3 rings (SSSR count). The fourth-order valence-electron chi connectivity index (χ4n) is 2.31. The largest absolute Gasteiger partial charge is 0.493 e. The van der Waals surface area contributed by atoms with E-state index < -0.39 is 6.10 Å². The third-order valence-corrected chi connectivity index (χ3v) is 5.07. The van der Waals surface area contributed by atoms with Gasteiger partial charge < -0.3 is 9.84 Å². The first kappa shape index (κ1) is 12.2. The van der Waals surface area contributed by atoms with Crippen molar-refractivity contribution < 1.29 is 9.84 Å². The molecular weight excluding hydrogens is 312 g/mol. The molecule has 0 amide bonds. The summed E-state index contributed by atoms with van der Waals surface area (Å²) in [5.74, 6) is 1.07. The zero-order chi connectivity index (χ0) is 12.5. The van der Waals surface area contributed by atoms with E-state index in [2.05, 4.69) is 22.0 Å². The van der Waals surface area contributed by atoms with Crippen LogP contribution in [-0.2, 0) is 6.42 Å². The number of halogens is 1. The number of benzene rings is 1. The molecule has 18 heavy (non-hydrogen) atoms. The average Bonchev–Trinajstić information content (AvgIpc) is 2.83. The van der Waals surface area contributed by atoms with Gasteiger partial charge in [-0.05, 0) is 39.4 Å². The van der Waals surface area contributed by atoms with Gasteiger partial charge >= 0.3 is 0 Å². The summed E-state index contributed by atoms with van der Waals surface area (Å²) in [7, 11) is 0. The van der Waals surface area contributed by atoms with Crippen LogP contribution >= 0.6 is 27.3 Å². The minimum Gasteiger partial charge on any atom is -0.493 e. The second kappa shape index (κ2) is 5.03. The molecule has 4 heteroatoms. The highest BCUT2D eigenvalue weighted by Crippen LogP contribution is 2.37. The lowest BCUT2D eigenvalue weighted by atomic mass is 9.89. The number of thiophene rings is 1. The smallest absolute Gasteiger partial charge is 0.122 e. The van der Waals surface area contributed by atoms with Crippen molar-refractivity contribution >= 4 is 27.3 Å². The molecule has 0 spiro atoms. The number of hydrogen-bond donors (Lipinski definition) is 1. The molecule has 2 heterocycles. The molecule has 94 valence electrons. The molecule has 2 atom stereocenters. The third kappa shape index (κ3) is 2.20. The summed E-state index contributed by atoms with van der Waals surface area (Å²) in [5, 5.41) is 14.4. The van der Waals surface area contributed by atoms with Crippen LogP contribution in [0.2, 0.25) is 0 Å². The number of fused-ring (bicyclic) bond motifs is 1. The van der Waals surface area contributed by atoms with Crippen LogP contribution in [0.25, 0.3) is 0 Å². The van der Waals surface area contributed by atoms with Crippen LogP contribution in [0, 0.1) is 5.92 Å². The van der Waals surface area contributed by atoms with Crippen molar-refractivity contribution in [2.75, 3.05) is 6.61 Å². The Hall–Kier alpha value is -0.840. The Balaban J connectivity index is 1.82. The quantitative estimate of drug-likeness (QED) is 0.910. The lowest BCUT2D eigenvalue weighted by Crippen LogP contribution is -2.26. The lowest BCUT2D eigenvalue weighted by Gasteiger charge is -2.28. The molecule has 0 saturated heterocycles. The molecule has 0 saturated carbocycles. The molecule has 0 bridgehead atoms. The topological polar surface area (TPSA) is 29.5 Å². The molecule has 1 aromatic heterocycles. The average molecular weight is 325 g/mol. The van der Waals surface area contributed by atoms with Crippen LogP contribution in [-0.4, -0.2) is 11.7 Å². The zero-order valence-corrected chi connectivity index (χ0v) is 12.1. The number of hydrogen-bond acceptors (Lipinski definition) is 3. The van der Waals surface area contributed by atoms with E-state index in [1.807, 2.05) is 29.0 Å². The van der Waals surface area contributed by atoms with Crippen LogP contribution in [0.5, 0.6) is 5.75 Å². The molecule has 2 aromatic rings. The maximum Gasteiger partial charge on any atom is 0.122 e. The van der Waals surface area contributed by atoms with Gasteiger partial charge in [-0.3, -0.25) is 0 Å². The first-order valence-corrected chi connectivity index (χ1v) is 7.59. The van der Waals surface area contributed by atoms with Gasteiger partial charge in [0.2, 0.25) is 0 Å². The van der Waals surface area contributed by atoms with Crippen molar-refractivity contribution in [3.63, 3.8) is 0 Å². The maximum atomic E-state index is 10.4. The standard InChI is InChI=1S/C14H13BrO2S/c15-12-8-18-7-11(12)14(16)10-5-9-3-1-2-4-13(9)17-6-10/h1-4,7-8,10,14,16H,5-6H2. The van der Waals surface area contributed by atoms with Crippen molar-refractivity contribution in [2.24, 2.45) is 5.92 Å². The van der Waals surface area contributed by atoms with E-state index in [-0.39, 0.29) is 5.92 Å². The van der Waals surface area contributed by atoms with E-state index in [0.29, 0.717) is 6.61 Å². The number of para-hydroxylation sites is 1. The fourth-order valence-corrected chi connectivity index (χ4v) is 3.87. The van der Waals surface area contributed by atoms with Gasteiger partial charge in [0.1, 0.15) is 5.75 Å². The summed E-state index contributed by atoms with van der Waals surface area (Å²) in [6.07, 6.45) is 0.388. The van der Waals surface area contributed by atoms with E-state index in [1.54, 1.807) is 11.3 Å². The van der Waals surface area contributed by atoms with E-state index in [0.717, 1.165) is 22.2 Å². The van der Waals surface area contributed by atoms with Gasteiger partial charge in [-0.1, -0.05) is 18.2 Å². The van der Waals surface area contributed by atoms with Crippen LogP contribution < -0.4 is 4.74 Å². The molecule has 0 radical (unpaired) electrons. The Morgan fingerprint density at radius 3 is 2.94 bits per heavy atom. The van der Waals surface area contributed by atoms with Gasteiger partial charge in [-0.25, -0.2) is 0 Å². The van der Waals surface area contributed by atoms with Crippen molar-refractivity contribution in [1.82, 2.24) is 0 Å². The second-order valence-corrected chi connectivity index (χ2v) is 6.10. The Morgan fingerprint density at radius 1 is 1.33 bits per heavy atom. The van der Waals surface area contributed by atoms with Gasteiger partial charge in [0.25, 0.3) is 0 Å². The molecule has 2 unspecified atom stereocenters. The monoisotopic (exact) mass is 324 g/mol. The third-order valence-electron chi connectivity index (χ3n) is 3.32. The molecule has 1 aliphatic rings. The van der Waals surface area contributed by atoms with E-state index in [1.165, 1.54) is 5.56 Å². The van der Waals surface area contributed by atoms with Crippen molar-refractivity contribution in [1.29, 1.82) is 0 Å². The van der Waals surface area contributed by atoms with E-state index in [9.17, 15) is 5.11 Å². The highest BCUT2D eigenvalue weighted by Gasteiger charge is 2.28. The first-order valence-electron chi connectivity index (χ1n) is 5.86. The molecule has 1 aliphatic heterocycles. The van der Waals surface area contributed by atoms with Crippen LogP contribution in [0.3, 0.4) is 0 Å². The normalized spacial score (nSPS) is 20.0.